The van der Waals surface area contributed by atoms with E-state index in [1.54, 1.807) is 18.5 Å². The standard InChI is InChI=1S/C18H20N6O/c1-3-13-7-5-8-14(4-2)17(13)20-16(25)12-24-22-18(21-23-24)15-9-6-10-19-11-15/h5-11H,3-4,12H2,1-2H3,(H,20,25). The normalized spacial score (nSPS) is 10.6. The minimum absolute atomic E-state index is 0.00840. The topological polar surface area (TPSA) is 85.6 Å². The summed E-state index contributed by atoms with van der Waals surface area (Å²) in [5.41, 5.74) is 3.90. The van der Waals surface area contributed by atoms with E-state index in [4.69, 9.17) is 0 Å². The summed E-state index contributed by atoms with van der Waals surface area (Å²) in [6, 6.07) is 9.73. The highest BCUT2D eigenvalue weighted by molar-refractivity contribution is 5.92. The van der Waals surface area contributed by atoms with Crippen molar-refractivity contribution >= 4 is 11.6 Å². The van der Waals surface area contributed by atoms with Crippen LogP contribution in [0.1, 0.15) is 25.0 Å². The third-order valence-corrected chi connectivity index (χ3v) is 3.92. The Morgan fingerprint density at radius 2 is 1.88 bits per heavy atom. The van der Waals surface area contributed by atoms with Crippen LogP contribution in [0.5, 0.6) is 0 Å². The third kappa shape index (κ3) is 3.88. The zero-order chi connectivity index (χ0) is 17.6. The molecule has 0 aliphatic rings. The van der Waals surface area contributed by atoms with E-state index in [1.807, 2.05) is 24.3 Å². The second kappa shape index (κ2) is 7.65. The maximum absolute atomic E-state index is 12.4. The minimum atomic E-state index is -0.175. The predicted octanol–water partition coefficient (Wildman–Crippen LogP) is 2.50. The number of carbonyl (C=O) groups excluding carboxylic acids is 1. The molecule has 1 amide bonds. The maximum atomic E-state index is 12.4. The fraction of sp³-hybridized carbons (Fsp3) is 0.278. The molecule has 0 spiro atoms. The summed E-state index contributed by atoms with van der Waals surface area (Å²) in [6.45, 7) is 4.15. The van der Waals surface area contributed by atoms with E-state index in [0.29, 0.717) is 5.82 Å². The Morgan fingerprint density at radius 1 is 1.12 bits per heavy atom. The number of carbonyl (C=O) groups is 1. The average Bonchev–Trinajstić information content (AvgIpc) is 3.11. The monoisotopic (exact) mass is 336 g/mol. The molecular formula is C18H20N6O. The summed E-state index contributed by atoms with van der Waals surface area (Å²) in [6.07, 6.45) is 5.05. The highest BCUT2D eigenvalue weighted by Crippen LogP contribution is 2.22. The number of tetrazole rings is 1. The molecule has 1 aromatic carbocycles. The van der Waals surface area contributed by atoms with Gasteiger partial charge >= 0.3 is 0 Å². The molecule has 0 radical (unpaired) electrons. The number of rotatable bonds is 6. The van der Waals surface area contributed by atoms with Crippen LogP contribution in [0.3, 0.4) is 0 Å². The maximum Gasteiger partial charge on any atom is 0.248 e. The summed E-state index contributed by atoms with van der Waals surface area (Å²) >= 11 is 0. The number of nitrogens with zero attached hydrogens (tertiary/aromatic N) is 5. The molecule has 0 atom stereocenters. The van der Waals surface area contributed by atoms with Gasteiger partial charge in [-0.3, -0.25) is 9.78 Å². The Morgan fingerprint density at radius 3 is 2.52 bits per heavy atom. The highest BCUT2D eigenvalue weighted by Gasteiger charge is 2.13. The lowest BCUT2D eigenvalue weighted by Gasteiger charge is -2.14. The zero-order valence-corrected chi connectivity index (χ0v) is 14.3. The van der Waals surface area contributed by atoms with Crippen molar-refractivity contribution in [2.24, 2.45) is 0 Å². The SMILES string of the molecule is CCc1cccc(CC)c1NC(=O)Cn1nnc(-c2cccnc2)n1. The minimum Gasteiger partial charge on any atom is -0.324 e. The van der Waals surface area contributed by atoms with Gasteiger partial charge in [-0.15, -0.1) is 10.2 Å². The van der Waals surface area contributed by atoms with Crippen LogP contribution in [0.25, 0.3) is 11.4 Å². The van der Waals surface area contributed by atoms with E-state index in [-0.39, 0.29) is 12.5 Å². The van der Waals surface area contributed by atoms with E-state index >= 15 is 0 Å². The van der Waals surface area contributed by atoms with Crippen LogP contribution < -0.4 is 5.32 Å². The molecule has 0 aliphatic carbocycles. The second-order valence-corrected chi connectivity index (χ2v) is 5.59. The number of benzene rings is 1. The first-order valence-corrected chi connectivity index (χ1v) is 8.30. The van der Waals surface area contributed by atoms with E-state index in [1.165, 1.54) is 4.80 Å². The van der Waals surface area contributed by atoms with Crippen molar-refractivity contribution in [3.8, 4) is 11.4 Å². The van der Waals surface area contributed by atoms with Crippen molar-refractivity contribution in [2.75, 3.05) is 5.32 Å². The molecule has 2 aromatic heterocycles. The van der Waals surface area contributed by atoms with Gasteiger partial charge in [-0.25, -0.2) is 0 Å². The van der Waals surface area contributed by atoms with Crippen LogP contribution in [0.4, 0.5) is 5.69 Å². The number of anilines is 1. The molecule has 3 rings (SSSR count). The molecular weight excluding hydrogens is 316 g/mol. The molecule has 0 fully saturated rings. The van der Waals surface area contributed by atoms with Crippen LogP contribution in [-0.4, -0.2) is 31.1 Å². The fourth-order valence-corrected chi connectivity index (χ4v) is 2.63. The lowest BCUT2D eigenvalue weighted by Crippen LogP contribution is -2.22. The predicted molar refractivity (Wildman–Crippen MR) is 94.9 cm³/mol. The number of aromatic nitrogens is 5. The quantitative estimate of drug-likeness (QED) is 0.747. The lowest BCUT2D eigenvalue weighted by molar-refractivity contribution is -0.117. The van der Waals surface area contributed by atoms with Crippen molar-refractivity contribution in [3.05, 3.63) is 53.9 Å². The Labute approximate surface area is 146 Å². The highest BCUT2D eigenvalue weighted by atomic mass is 16.2. The van der Waals surface area contributed by atoms with Gasteiger partial charge in [0.25, 0.3) is 0 Å². The summed E-state index contributed by atoms with van der Waals surface area (Å²) < 4.78 is 0. The van der Waals surface area contributed by atoms with Crippen molar-refractivity contribution in [2.45, 2.75) is 33.2 Å². The molecule has 1 N–H and O–H groups in total. The van der Waals surface area contributed by atoms with Gasteiger partial charge < -0.3 is 5.32 Å². The van der Waals surface area contributed by atoms with Crippen LogP contribution in [-0.2, 0) is 24.2 Å². The van der Waals surface area contributed by atoms with Crippen molar-refractivity contribution in [1.82, 2.24) is 25.2 Å². The van der Waals surface area contributed by atoms with Crippen LogP contribution >= 0.6 is 0 Å². The lowest BCUT2D eigenvalue weighted by atomic mass is 10.0. The molecule has 3 aromatic rings. The molecule has 0 saturated carbocycles. The third-order valence-electron chi connectivity index (χ3n) is 3.92. The summed E-state index contributed by atoms with van der Waals surface area (Å²) in [5.74, 6) is 0.273. The number of hydrogen-bond acceptors (Lipinski definition) is 5. The molecule has 2 heterocycles. The van der Waals surface area contributed by atoms with Gasteiger partial charge in [0, 0.05) is 23.6 Å². The molecule has 25 heavy (non-hydrogen) atoms. The van der Waals surface area contributed by atoms with Gasteiger partial charge in [-0.05, 0) is 41.3 Å². The van der Waals surface area contributed by atoms with Gasteiger partial charge in [0.1, 0.15) is 6.54 Å². The van der Waals surface area contributed by atoms with Crippen LogP contribution in [0.2, 0.25) is 0 Å². The number of nitrogens with one attached hydrogen (secondary N) is 1. The Kier molecular flexibility index (Phi) is 5.13. The molecule has 0 bridgehead atoms. The van der Waals surface area contributed by atoms with Gasteiger partial charge in [-0.1, -0.05) is 32.0 Å². The number of amides is 1. The van der Waals surface area contributed by atoms with E-state index in [0.717, 1.165) is 35.2 Å². The van der Waals surface area contributed by atoms with Crippen molar-refractivity contribution < 1.29 is 4.79 Å². The Hall–Kier alpha value is -3.09. The molecule has 128 valence electrons. The molecule has 0 aliphatic heterocycles. The zero-order valence-electron chi connectivity index (χ0n) is 14.3. The van der Waals surface area contributed by atoms with Gasteiger partial charge in [0.15, 0.2) is 0 Å². The fourth-order valence-electron chi connectivity index (χ4n) is 2.63. The first-order valence-electron chi connectivity index (χ1n) is 8.30. The van der Waals surface area contributed by atoms with Crippen molar-refractivity contribution in [1.29, 1.82) is 0 Å². The smallest absolute Gasteiger partial charge is 0.248 e. The van der Waals surface area contributed by atoms with Gasteiger partial charge in [-0.2, -0.15) is 4.80 Å². The van der Waals surface area contributed by atoms with E-state index < -0.39 is 0 Å². The van der Waals surface area contributed by atoms with E-state index in [9.17, 15) is 4.79 Å². The molecule has 7 heteroatoms. The van der Waals surface area contributed by atoms with Gasteiger partial charge in [0.2, 0.25) is 11.7 Å². The number of pyridine rings is 1. The first kappa shape index (κ1) is 16.8. The Bertz CT molecular complexity index is 837. The van der Waals surface area contributed by atoms with Crippen LogP contribution in [0, 0.1) is 0 Å². The summed E-state index contributed by atoms with van der Waals surface area (Å²) in [4.78, 5) is 17.7. The molecule has 7 nitrogen and oxygen atoms in total. The number of hydrogen-bond donors (Lipinski definition) is 1. The summed E-state index contributed by atoms with van der Waals surface area (Å²) in [7, 11) is 0. The van der Waals surface area contributed by atoms with E-state index in [2.05, 4.69) is 39.6 Å². The average molecular weight is 336 g/mol. The van der Waals surface area contributed by atoms with Crippen LogP contribution in [0.15, 0.2) is 42.7 Å². The number of para-hydroxylation sites is 1. The second-order valence-electron chi connectivity index (χ2n) is 5.59. The molecule has 0 saturated heterocycles. The molecule has 0 unspecified atom stereocenters. The number of aryl methyl sites for hydroxylation is 2. The summed E-state index contributed by atoms with van der Waals surface area (Å²) in [5, 5.41) is 15.2. The first-order chi connectivity index (χ1) is 12.2. The van der Waals surface area contributed by atoms with Crippen molar-refractivity contribution in [3.63, 3.8) is 0 Å². The van der Waals surface area contributed by atoms with Gasteiger partial charge in [0.05, 0.1) is 0 Å². The largest absolute Gasteiger partial charge is 0.324 e. The Balaban J connectivity index is 1.73.